The van der Waals surface area contributed by atoms with Gasteiger partial charge in [-0.1, -0.05) is 22.9 Å². The molecule has 1 spiro atoms. The van der Waals surface area contributed by atoms with Gasteiger partial charge in [-0.3, -0.25) is 14.8 Å². The molecule has 1 aromatic carbocycles. The number of amides is 1. The highest BCUT2D eigenvalue weighted by Crippen LogP contribution is 2.36. The zero-order valence-electron chi connectivity index (χ0n) is 16.8. The number of nitrogens with one attached hydrogen (secondary N) is 1. The molecule has 4 rings (SSSR count). The van der Waals surface area contributed by atoms with Gasteiger partial charge in [-0.15, -0.1) is 0 Å². The summed E-state index contributed by atoms with van der Waals surface area (Å²) in [5.41, 5.74) is 1.89. The highest BCUT2D eigenvalue weighted by molar-refractivity contribution is 7.89. The zero-order chi connectivity index (χ0) is 21.4. The van der Waals surface area contributed by atoms with Crippen LogP contribution in [0.25, 0.3) is 0 Å². The van der Waals surface area contributed by atoms with Crippen molar-refractivity contribution in [3.63, 3.8) is 0 Å². The summed E-state index contributed by atoms with van der Waals surface area (Å²) >= 11 is 0. The van der Waals surface area contributed by atoms with Crippen LogP contribution in [0.3, 0.4) is 0 Å². The predicted molar refractivity (Wildman–Crippen MR) is 109 cm³/mol. The Balaban J connectivity index is 1.37. The molecule has 10 heteroatoms. The largest absolute Gasteiger partial charge is 0.387 e. The number of rotatable bonds is 5. The SMILES string of the molecule is Cc1ccc(S(=O)(=O)N2CCC3(CC(C(=O)NCc4cnc(C)cn4)=NO3)C2)cc1. The van der Waals surface area contributed by atoms with Crippen LogP contribution in [0, 0.1) is 13.8 Å². The monoisotopic (exact) mass is 429 g/mol. The number of oxime groups is 1. The molecule has 1 fully saturated rings. The molecule has 158 valence electrons. The average molecular weight is 430 g/mol. The van der Waals surface area contributed by atoms with E-state index in [4.69, 9.17) is 4.84 Å². The van der Waals surface area contributed by atoms with E-state index in [0.717, 1.165) is 11.3 Å². The summed E-state index contributed by atoms with van der Waals surface area (Å²) in [6.07, 6.45) is 3.98. The number of sulfonamides is 1. The second-order valence-electron chi connectivity index (χ2n) is 7.72. The molecule has 0 saturated carbocycles. The topological polar surface area (TPSA) is 114 Å². The van der Waals surface area contributed by atoms with E-state index >= 15 is 0 Å². The summed E-state index contributed by atoms with van der Waals surface area (Å²) in [5.74, 6) is -0.353. The maximum Gasteiger partial charge on any atom is 0.269 e. The number of carbonyl (C=O) groups excluding carboxylic acids is 1. The molecular weight excluding hydrogens is 406 g/mol. The van der Waals surface area contributed by atoms with Crippen molar-refractivity contribution in [3.05, 3.63) is 53.6 Å². The molecule has 9 nitrogen and oxygen atoms in total. The number of carbonyl (C=O) groups is 1. The summed E-state index contributed by atoms with van der Waals surface area (Å²) in [4.78, 5) is 26.6. The van der Waals surface area contributed by atoms with Crippen LogP contribution in [0.1, 0.15) is 29.8 Å². The van der Waals surface area contributed by atoms with Crippen LogP contribution >= 0.6 is 0 Å². The normalized spacial score (nSPS) is 21.5. The van der Waals surface area contributed by atoms with Crippen LogP contribution in [0.4, 0.5) is 0 Å². The third-order valence-electron chi connectivity index (χ3n) is 5.31. The Morgan fingerprint density at radius 2 is 1.97 bits per heavy atom. The summed E-state index contributed by atoms with van der Waals surface area (Å²) < 4.78 is 27.2. The Hall–Kier alpha value is -2.85. The average Bonchev–Trinajstić information content (AvgIpc) is 3.35. The lowest BCUT2D eigenvalue weighted by molar-refractivity contribution is -0.115. The van der Waals surface area contributed by atoms with E-state index in [0.29, 0.717) is 18.7 Å². The lowest BCUT2D eigenvalue weighted by Gasteiger charge is -2.21. The highest BCUT2D eigenvalue weighted by Gasteiger charge is 2.49. The maximum atomic E-state index is 12.9. The van der Waals surface area contributed by atoms with Crippen LogP contribution in [0.2, 0.25) is 0 Å². The zero-order valence-corrected chi connectivity index (χ0v) is 17.6. The van der Waals surface area contributed by atoms with Gasteiger partial charge in [-0.05, 0) is 26.0 Å². The first-order valence-corrected chi connectivity index (χ1v) is 11.1. The standard InChI is InChI=1S/C20H23N5O4S/c1-14-3-5-17(6-4-14)30(27,28)25-8-7-20(13-25)9-18(24-29-20)19(26)23-12-16-11-21-15(2)10-22-16/h3-6,10-11H,7-9,12-13H2,1-2H3,(H,23,26). The molecule has 1 amide bonds. The molecule has 0 bridgehead atoms. The van der Waals surface area contributed by atoms with Crippen LogP contribution in [-0.2, 0) is 26.2 Å². The van der Waals surface area contributed by atoms with E-state index in [1.54, 1.807) is 36.7 Å². The fourth-order valence-corrected chi connectivity index (χ4v) is 5.03. The van der Waals surface area contributed by atoms with Crippen molar-refractivity contribution in [1.82, 2.24) is 19.6 Å². The van der Waals surface area contributed by atoms with E-state index in [-0.39, 0.29) is 36.0 Å². The van der Waals surface area contributed by atoms with Gasteiger partial charge in [0.2, 0.25) is 10.0 Å². The van der Waals surface area contributed by atoms with Crippen LogP contribution in [0.15, 0.2) is 46.7 Å². The van der Waals surface area contributed by atoms with Crippen LogP contribution in [0.5, 0.6) is 0 Å². The second-order valence-corrected chi connectivity index (χ2v) is 9.66. The molecule has 1 saturated heterocycles. The lowest BCUT2D eigenvalue weighted by atomic mass is 9.96. The molecule has 1 atom stereocenters. The molecule has 0 radical (unpaired) electrons. The number of benzene rings is 1. The molecule has 30 heavy (non-hydrogen) atoms. The van der Waals surface area contributed by atoms with E-state index in [2.05, 4.69) is 20.4 Å². The predicted octanol–water partition coefficient (Wildman–Crippen LogP) is 1.32. The molecule has 2 aliphatic rings. The smallest absolute Gasteiger partial charge is 0.269 e. The lowest BCUT2D eigenvalue weighted by Crippen LogP contribution is -2.38. The molecule has 1 aromatic heterocycles. The second kappa shape index (κ2) is 7.77. The minimum atomic E-state index is -3.62. The third kappa shape index (κ3) is 4.05. The first-order valence-electron chi connectivity index (χ1n) is 9.65. The Bertz CT molecular complexity index is 1080. The van der Waals surface area contributed by atoms with Gasteiger partial charge in [-0.25, -0.2) is 8.42 Å². The molecule has 1 N–H and O–H groups in total. The number of nitrogens with zero attached hydrogens (tertiary/aromatic N) is 4. The molecule has 1 unspecified atom stereocenters. The van der Waals surface area contributed by atoms with Gasteiger partial charge in [0.1, 0.15) is 5.71 Å². The van der Waals surface area contributed by atoms with Crippen molar-refractivity contribution in [1.29, 1.82) is 0 Å². The quantitative estimate of drug-likeness (QED) is 0.767. The number of aryl methyl sites for hydroxylation is 2. The minimum absolute atomic E-state index is 0.160. The van der Waals surface area contributed by atoms with E-state index in [1.807, 2.05) is 13.8 Å². The first-order chi connectivity index (χ1) is 14.3. The van der Waals surface area contributed by atoms with Crippen molar-refractivity contribution in [3.8, 4) is 0 Å². The third-order valence-corrected chi connectivity index (χ3v) is 7.17. The van der Waals surface area contributed by atoms with Gasteiger partial charge >= 0.3 is 0 Å². The Kier molecular flexibility index (Phi) is 5.29. The number of hydrogen-bond donors (Lipinski definition) is 1. The molecule has 0 aliphatic carbocycles. The van der Waals surface area contributed by atoms with Crippen molar-refractivity contribution in [2.45, 2.75) is 43.7 Å². The van der Waals surface area contributed by atoms with Gasteiger partial charge in [-0.2, -0.15) is 4.31 Å². The summed E-state index contributed by atoms with van der Waals surface area (Å²) in [6.45, 7) is 4.45. The van der Waals surface area contributed by atoms with Gasteiger partial charge < -0.3 is 10.2 Å². The highest BCUT2D eigenvalue weighted by atomic mass is 32.2. The van der Waals surface area contributed by atoms with Crippen LogP contribution < -0.4 is 5.32 Å². The van der Waals surface area contributed by atoms with Gasteiger partial charge in [0.05, 0.1) is 35.6 Å². The first kappa shape index (κ1) is 20.4. The summed E-state index contributed by atoms with van der Waals surface area (Å²) in [5, 5.41) is 6.70. The Labute approximate surface area is 175 Å². The fourth-order valence-electron chi connectivity index (χ4n) is 3.52. The molecule has 3 heterocycles. The fraction of sp³-hybridized carbons (Fsp3) is 0.400. The van der Waals surface area contributed by atoms with E-state index < -0.39 is 15.6 Å². The Morgan fingerprint density at radius 3 is 2.67 bits per heavy atom. The van der Waals surface area contributed by atoms with Crippen molar-refractivity contribution >= 4 is 21.6 Å². The molecule has 2 aromatic rings. The van der Waals surface area contributed by atoms with Crippen molar-refractivity contribution in [2.24, 2.45) is 5.16 Å². The van der Waals surface area contributed by atoms with Gasteiger partial charge in [0.15, 0.2) is 5.60 Å². The van der Waals surface area contributed by atoms with Crippen molar-refractivity contribution < 1.29 is 18.0 Å². The van der Waals surface area contributed by atoms with Crippen molar-refractivity contribution in [2.75, 3.05) is 13.1 Å². The summed E-state index contributed by atoms with van der Waals surface area (Å²) in [7, 11) is -3.62. The van der Waals surface area contributed by atoms with E-state index in [1.165, 1.54) is 4.31 Å². The van der Waals surface area contributed by atoms with Gasteiger partial charge in [0, 0.05) is 25.6 Å². The Morgan fingerprint density at radius 1 is 1.20 bits per heavy atom. The van der Waals surface area contributed by atoms with Crippen LogP contribution in [-0.4, -0.2) is 53.0 Å². The van der Waals surface area contributed by atoms with Gasteiger partial charge in [0.25, 0.3) is 5.91 Å². The minimum Gasteiger partial charge on any atom is -0.387 e. The maximum absolute atomic E-state index is 12.9. The molecule has 2 aliphatic heterocycles. The van der Waals surface area contributed by atoms with E-state index in [9.17, 15) is 13.2 Å². The summed E-state index contributed by atoms with van der Waals surface area (Å²) in [6, 6.07) is 6.76. The number of hydrogen-bond acceptors (Lipinski definition) is 7. The number of aromatic nitrogens is 2. The molecular formula is C20H23N5O4S.